The lowest BCUT2D eigenvalue weighted by molar-refractivity contribution is 0.198. The molecular weight excluding hydrogens is 200 g/mol. The fraction of sp³-hybridized carbons (Fsp3) is 0.923. The molecule has 0 bridgehead atoms. The third kappa shape index (κ3) is 3.13. The summed E-state index contributed by atoms with van der Waals surface area (Å²) in [5.74, 6) is 1.58. The Labute approximate surface area is 98.6 Å². The predicted molar refractivity (Wildman–Crippen MR) is 65.3 cm³/mol. The van der Waals surface area contributed by atoms with Crippen molar-refractivity contribution in [1.29, 1.82) is 0 Å². The molecule has 2 aliphatic carbocycles. The van der Waals surface area contributed by atoms with Gasteiger partial charge in [-0.2, -0.15) is 0 Å². The summed E-state index contributed by atoms with van der Waals surface area (Å²) in [6.45, 7) is 3.19. The van der Waals surface area contributed by atoms with Crippen LogP contribution in [-0.4, -0.2) is 30.6 Å². The molecule has 16 heavy (non-hydrogen) atoms. The van der Waals surface area contributed by atoms with Gasteiger partial charge in [-0.05, 0) is 31.1 Å². The lowest BCUT2D eigenvalue weighted by Crippen LogP contribution is -2.44. The Bertz CT molecular complexity index is 248. The van der Waals surface area contributed by atoms with Gasteiger partial charge in [0.05, 0.1) is 0 Å². The number of nitrogens with zero attached hydrogens (tertiary/aromatic N) is 1. The number of rotatable bonds is 3. The van der Waals surface area contributed by atoms with Crippen LogP contribution in [0.1, 0.15) is 45.4 Å². The summed E-state index contributed by atoms with van der Waals surface area (Å²) in [6, 6.07) is 0.561. The zero-order valence-corrected chi connectivity index (χ0v) is 10.5. The minimum atomic E-state index is 0.131. The third-order valence-electron chi connectivity index (χ3n) is 4.06. The van der Waals surface area contributed by atoms with Crippen LogP contribution in [0.4, 0.5) is 4.79 Å². The number of urea groups is 1. The number of carbonyl (C=O) groups excluding carboxylic acids is 1. The van der Waals surface area contributed by atoms with Gasteiger partial charge in [-0.25, -0.2) is 4.79 Å². The molecule has 0 spiro atoms. The summed E-state index contributed by atoms with van der Waals surface area (Å²) >= 11 is 0. The Morgan fingerprint density at radius 1 is 1.31 bits per heavy atom. The van der Waals surface area contributed by atoms with Crippen molar-refractivity contribution >= 4 is 6.03 Å². The summed E-state index contributed by atoms with van der Waals surface area (Å²) < 4.78 is 0. The van der Waals surface area contributed by atoms with Crippen LogP contribution in [0.5, 0.6) is 0 Å². The fourth-order valence-electron chi connectivity index (χ4n) is 2.62. The fourth-order valence-corrected chi connectivity index (χ4v) is 2.62. The molecule has 2 saturated carbocycles. The van der Waals surface area contributed by atoms with Gasteiger partial charge in [0.25, 0.3) is 0 Å². The van der Waals surface area contributed by atoms with E-state index in [2.05, 4.69) is 12.2 Å². The smallest absolute Gasteiger partial charge is 0.317 e. The second-order valence-corrected chi connectivity index (χ2v) is 5.64. The van der Waals surface area contributed by atoms with Crippen molar-refractivity contribution in [3.8, 4) is 0 Å². The summed E-state index contributed by atoms with van der Waals surface area (Å²) in [4.78, 5) is 13.8. The molecule has 92 valence electrons. The van der Waals surface area contributed by atoms with Gasteiger partial charge < -0.3 is 10.2 Å². The largest absolute Gasteiger partial charge is 0.335 e. The molecule has 2 rings (SSSR count). The molecule has 0 aromatic carbocycles. The minimum Gasteiger partial charge on any atom is -0.335 e. The summed E-state index contributed by atoms with van der Waals surface area (Å²) in [5, 5.41) is 3.15. The standard InChI is InChI=1S/C13H24N2O/c1-10-8-11(10)9-15(2)13(16)14-12-6-4-3-5-7-12/h10-12H,3-9H2,1-2H3,(H,14,16). The van der Waals surface area contributed by atoms with E-state index in [1.165, 1.54) is 38.5 Å². The van der Waals surface area contributed by atoms with E-state index < -0.39 is 0 Å². The molecule has 0 aromatic heterocycles. The van der Waals surface area contributed by atoms with E-state index in [0.29, 0.717) is 6.04 Å². The normalized spacial score (nSPS) is 29.9. The van der Waals surface area contributed by atoms with Crippen molar-refractivity contribution in [2.24, 2.45) is 11.8 Å². The molecular formula is C13H24N2O. The van der Waals surface area contributed by atoms with Crippen LogP contribution in [0, 0.1) is 11.8 Å². The van der Waals surface area contributed by atoms with Gasteiger partial charge in [0.2, 0.25) is 0 Å². The molecule has 2 fully saturated rings. The van der Waals surface area contributed by atoms with Crippen LogP contribution in [0.3, 0.4) is 0 Å². The van der Waals surface area contributed by atoms with Crippen molar-refractivity contribution in [3.63, 3.8) is 0 Å². The summed E-state index contributed by atoms with van der Waals surface area (Å²) in [7, 11) is 1.92. The average molecular weight is 224 g/mol. The highest BCUT2D eigenvalue weighted by Crippen LogP contribution is 2.37. The molecule has 3 heteroatoms. The Balaban J connectivity index is 1.69. The van der Waals surface area contributed by atoms with Crippen molar-refractivity contribution in [2.75, 3.05) is 13.6 Å². The van der Waals surface area contributed by atoms with Crippen molar-refractivity contribution in [2.45, 2.75) is 51.5 Å². The molecule has 2 unspecified atom stereocenters. The molecule has 0 aliphatic heterocycles. The molecule has 0 heterocycles. The Morgan fingerprint density at radius 3 is 2.50 bits per heavy atom. The predicted octanol–water partition coefficient (Wildman–Crippen LogP) is 2.62. The number of carbonyl (C=O) groups is 1. The van der Waals surface area contributed by atoms with E-state index in [1.54, 1.807) is 0 Å². The third-order valence-corrected chi connectivity index (χ3v) is 4.06. The lowest BCUT2D eigenvalue weighted by atomic mass is 9.96. The van der Waals surface area contributed by atoms with Crippen LogP contribution in [0.25, 0.3) is 0 Å². The highest BCUT2D eigenvalue weighted by molar-refractivity contribution is 5.74. The topological polar surface area (TPSA) is 32.3 Å². The number of hydrogen-bond acceptors (Lipinski definition) is 1. The van der Waals surface area contributed by atoms with E-state index in [9.17, 15) is 4.79 Å². The quantitative estimate of drug-likeness (QED) is 0.785. The van der Waals surface area contributed by atoms with Crippen LogP contribution >= 0.6 is 0 Å². The Hall–Kier alpha value is -0.730. The van der Waals surface area contributed by atoms with E-state index in [-0.39, 0.29) is 6.03 Å². The SMILES string of the molecule is CC1CC1CN(C)C(=O)NC1CCCCC1. The number of nitrogens with one attached hydrogen (secondary N) is 1. The molecule has 0 radical (unpaired) electrons. The van der Waals surface area contributed by atoms with E-state index in [1.807, 2.05) is 11.9 Å². The van der Waals surface area contributed by atoms with E-state index in [0.717, 1.165) is 18.4 Å². The molecule has 2 aliphatic rings. The van der Waals surface area contributed by atoms with Crippen LogP contribution in [0.2, 0.25) is 0 Å². The highest BCUT2D eigenvalue weighted by Gasteiger charge is 2.34. The maximum atomic E-state index is 11.9. The monoisotopic (exact) mass is 224 g/mol. The second-order valence-electron chi connectivity index (χ2n) is 5.64. The average Bonchev–Trinajstić information content (AvgIpc) is 2.95. The van der Waals surface area contributed by atoms with Gasteiger partial charge in [-0.3, -0.25) is 0 Å². The van der Waals surface area contributed by atoms with Crippen LogP contribution < -0.4 is 5.32 Å². The van der Waals surface area contributed by atoms with Crippen molar-refractivity contribution < 1.29 is 4.79 Å². The minimum absolute atomic E-state index is 0.131. The molecule has 2 amide bonds. The maximum absolute atomic E-state index is 11.9. The Kier molecular flexibility index (Phi) is 3.72. The van der Waals surface area contributed by atoms with E-state index in [4.69, 9.17) is 0 Å². The van der Waals surface area contributed by atoms with Crippen molar-refractivity contribution in [1.82, 2.24) is 10.2 Å². The highest BCUT2D eigenvalue weighted by atomic mass is 16.2. The first-order valence-corrected chi connectivity index (χ1v) is 6.68. The van der Waals surface area contributed by atoms with Crippen molar-refractivity contribution in [3.05, 3.63) is 0 Å². The summed E-state index contributed by atoms with van der Waals surface area (Å²) in [6.07, 6.45) is 7.50. The zero-order chi connectivity index (χ0) is 11.5. The van der Waals surface area contributed by atoms with Gasteiger partial charge >= 0.3 is 6.03 Å². The Morgan fingerprint density at radius 2 is 1.94 bits per heavy atom. The van der Waals surface area contributed by atoms with Gasteiger partial charge in [0.1, 0.15) is 0 Å². The molecule has 0 aromatic rings. The first-order valence-electron chi connectivity index (χ1n) is 6.68. The molecule has 2 atom stereocenters. The van der Waals surface area contributed by atoms with Crippen LogP contribution in [-0.2, 0) is 0 Å². The lowest BCUT2D eigenvalue weighted by Gasteiger charge is -2.26. The molecule has 1 N–H and O–H groups in total. The number of amides is 2. The van der Waals surface area contributed by atoms with E-state index >= 15 is 0 Å². The van der Waals surface area contributed by atoms with Gasteiger partial charge in [0, 0.05) is 19.6 Å². The first-order chi connectivity index (χ1) is 7.66. The summed E-state index contributed by atoms with van der Waals surface area (Å²) in [5.41, 5.74) is 0. The van der Waals surface area contributed by atoms with Crippen LogP contribution in [0.15, 0.2) is 0 Å². The molecule has 0 saturated heterocycles. The second kappa shape index (κ2) is 5.07. The van der Waals surface area contributed by atoms with Gasteiger partial charge in [0.15, 0.2) is 0 Å². The first kappa shape index (κ1) is 11.7. The van der Waals surface area contributed by atoms with Gasteiger partial charge in [-0.15, -0.1) is 0 Å². The molecule has 3 nitrogen and oxygen atoms in total. The maximum Gasteiger partial charge on any atom is 0.317 e. The van der Waals surface area contributed by atoms with Gasteiger partial charge in [-0.1, -0.05) is 26.2 Å². The zero-order valence-electron chi connectivity index (χ0n) is 10.5. The number of hydrogen-bond donors (Lipinski definition) is 1.